The van der Waals surface area contributed by atoms with Crippen LogP contribution in [0.15, 0.2) is 40.8 Å². The van der Waals surface area contributed by atoms with Crippen molar-refractivity contribution in [3.05, 3.63) is 64.4 Å². The number of carbonyl (C=O) groups is 2. The Bertz CT molecular complexity index is 1150. The van der Waals surface area contributed by atoms with Crippen LogP contribution in [-0.2, 0) is 4.79 Å². The maximum Gasteiger partial charge on any atom is 0.248 e. The molecule has 1 aromatic heterocycles. The van der Waals surface area contributed by atoms with Gasteiger partial charge in [-0.1, -0.05) is 12.1 Å². The average molecular weight is 391 g/mol. The zero-order chi connectivity index (χ0) is 21.3. The molecule has 0 saturated carbocycles. The third-order valence-electron chi connectivity index (χ3n) is 5.16. The van der Waals surface area contributed by atoms with Crippen LogP contribution in [0.2, 0.25) is 0 Å². The molecule has 1 heterocycles. The maximum absolute atomic E-state index is 12.6. The molecule has 2 aromatic carbocycles. The molecule has 0 aliphatic heterocycles. The Morgan fingerprint density at radius 1 is 1.07 bits per heavy atom. The standard InChI is InChI=1S/C24H25NO4/c1-13(10-22(27)25-19-9-7-8-18(11-19)16(4)26)20-12-21-14(2)17(5)29-24(21)15(3)23(20)28-6/h7-12H,1-6H3,(H,25,27)/b13-10+. The maximum atomic E-state index is 12.6. The van der Waals surface area contributed by atoms with Crippen molar-refractivity contribution in [2.45, 2.75) is 34.6 Å². The Kier molecular flexibility index (Phi) is 5.59. The minimum absolute atomic E-state index is 0.0490. The number of nitrogens with one attached hydrogen (secondary N) is 1. The fraction of sp³-hybridized carbons (Fsp3) is 0.250. The van der Waals surface area contributed by atoms with E-state index >= 15 is 0 Å². The fourth-order valence-electron chi connectivity index (χ4n) is 3.44. The van der Waals surface area contributed by atoms with Gasteiger partial charge in [0.25, 0.3) is 0 Å². The molecule has 0 spiro atoms. The zero-order valence-corrected chi connectivity index (χ0v) is 17.6. The highest BCUT2D eigenvalue weighted by Crippen LogP contribution is 2.38. The van der Waals surface area contributed by atoms with Crippen LogP contribution in [-0.4, -0.2) is 18.8 Å². The van der Waals surface area contributed by atoms with Gasteiger partial charge in [0, 0.05) is 33.8 Å². The quantitative estimate of drug-likeness (QED) is 0.453. The Labute approximate surface area is 170 Å². The Morgan fingerprint density at radius 2 is 1.79 bits per heavy atom. The first kappa shape index (κ1) is 20.4. The van der Waals surface area contributed by atoms with Gasteiger partial charge in [-0.05, 0) is 64.0 Å². The molecule has 0 fully saturated rings. The molecule has 3 aromatic rings. The van der Waals surface area contributed by atoms with Crippen LogP contribution in [0.5, 0.6) is 5.75 Å². The largest absolute Gasteiger partial charge is 0.496 e. The number of benzene rings is 2. The minimum Gasteiger partial charge on any atom is -0.496 e. The molecule has 0 bridgehead atoms. The van der Waals surface area contributed by atoms with E-state index < -0.39 is 0 Å². The number of furan rings is 1. The third kappa shape index (κ3) is 3.94. The average Bonchev–Trinajstić information content (AvgIpc) is 2.96. The molecule has 0 saturated heterocycles. The number of aryl methyl sites for hydroxylation is 3. The molecule has 0 unspecified atom stereocenters. The number of rotatable bonds is 5. The zero-order valence-electron chi connectivity index (χ0n) is 17.6. The van der Waals surface area contributed by atoms with Crippen molar-refractivity contribution in [1.82, 2.24) is 0 Å². The molecular weight excluding hydrogens is 366 g/mol. The number of ketones is 1. The van der Waals surface area contributed by atoms with E-state index in [-0.39, 0.29) is 11.7 Å². The molecule has 150 valence electrons. The minimum atomic E-state index is -0.275. The van der Waals surface area contributed by atoms with Crippen LogP contribution in [0.25, 0.3) is 16.5 Å². The van der Waals surface area contributed by atoms with Crippen LogP contribution in [0.4, 0.5) is 5.69 Å². The van der Waals surface area contributed by atoms with Gasteiger partial charge in [-0.2, -0.15) is 0 Å². The highest BCUT2D eigenvalue weighted by Gasteiger charge is 2.18. The summed E-state index contributed by atoms with van der Waals surface area (Å²) in [6, 6.07) is 8.88. The smallest absolute Gasteiger partial charge is 0.248 e. The lowest BCUT2D eigenvalue weighted by atomic mass is 9.98. The molecule has 0 aliphatic carbocycles. The monoisotopic (exact) mass is 391 g/mol. The van der Waals surface area contributed by atoms with Gasteiger partial charge < -0.3 is 14.5 Å². The summed E-state index contributed by atoms with van der Waals surface area (Å²) >= 11 is 0. The summed E-state index contributed by atoms with van der Waals surface area (Å²) in [4.78, 5) is 24.1. The number of allylic oxidation sites excluding steroid dienone is 1. The normalized spacial score (nSPS) is 11.6. The topological polar surface area (TPSA) is 68.5 Å². The summed E-state index contributed by atoms with van der Waals surface area (Å²) in [5, 5.41) is 3.83. The first-order chi connectivity index (χ1) is 13.7. The molecular formula is C24H25NO4. The number of hydrogen-bond acceptors (Lipinski definition) is 4. The van der Waals surface area contributed by atoms with E-state index in [2.05, 4.69) is 5.32 Å². The van der Waals surface area contributed by atoms with Gasteiger partial charge in [0.15, 0.2) is 5.78 Å². The number of carbonyl (C=O) groups excluding carboxylic acids is 2. The Morgan fingerprint density at radius 3 is 2.45 bits per heavy atom. The molecule has 5 nitrogen and oxygen atoms in total. The molecule has 3 rings (SSSR count). The van der Waals surface area contributed by atoms with E-state index in [9.17, 15) is 9.59 Å². The predicted molar refractivity (Wildman–Crippen MR) is 116 cm³/mol. The van der Waals surface area contributed by atoms with Gasteiger partial charge in [-0.3, -0.25) is 9.59 Å². The lowest BCUT2D eigenvalue weighted by Gasteiger charge is -2.13. The molecule has 0 radical (unpaired) electrons. The highest BCUT2D eigenvalue weighted by molar-refractivity contribution is 6.05. The molecule has 1 amide bonds. The van der Waals surface area contributed by atoms with Crippen LogP contribution in [0, 0.1) is 20.8 Å². The van der Waals surface area contributed by atoms with E-state index in [0.29, 0.717) is 17.0 Å². The van der Waals surface area contributed by atoms with E-state index in [1.807, 2.05) is 33.8 Å². The molecule has 5 heteroatoms. The summed E-state index contributed by atoms with van der Waals surface area (Å²) in [7, 11) is 1.61. The first-order valence-electron chi connectivity index (χ1n) is 9.40. The van der Waals surface area contributed by atoms with Gasteiger partial charge in [0.05, 0.1) is 7.11 Å². The van der Waals surface area contributed by atoms with Crippen molar-refractivity contribution in [3.63, 3.8) is 0 Å². The van der Waals surface area contributed by atoms with Crippen molar-refractivity contribution >= 4 is 33.9 Å². The van der Waals surface area contributed by atoms with Crippen molar-refractivity contribution < 1.29 is 18.7 Å². The number of methoxy groups -OCH3 is 1. The number of amides is 1. The number of Topliss-reactive ketones (excluding diaryl/α,β-unsaturated/α-hetero) is 1. The lowest BCUT2D eigenvalue weighted by molar-refractivity contribution is -0.111. The number of fused-ring (bicyclic) bond motifs is 1. The number of hydrogen-bond donors (Lipinski definition) is 1. The second kappa shape index (κ2) is 7.95. The first-order valence-corrected chi connectivity index (χ1v) is 9.40. The predicted octanol–water partition coefficient (Wildman–Crippen LogP) is 5.61. The van der Waals surface area contributed by atoms with E-state index in [4.69, 9.17) is 9.15 Å². The van der Waals surface area contributed by atoms with E-state index in [0.717, 1.165) is 39.0 Å². The summed E-state index contributed by atoms with van der Waals surface area (Å²) in [5.74, 6) is 1.23. The van der Waals surface area contributed by atoms with Crippen LogP contribution in [0.3, 0.4) is 0 Å². The van der Waals surface area contributed by atoms with Gasteiger partial charge in [-0.15, -0.1) is 0 Å². The lowest BCUT2D eigenvalue weighted by Crippen LogP contribution is -2.09. The van der Waals surface area contributed by atoms with Crippen molar-refractivity contribution in [3.8, 4) is 5.75 Å². The third-order valence-corrected chi connectivity index (χ3v) is 5.16. The van der Waals surface area contributed by atoms with E-state index in [1.54, 1.807) is 31.4 Å². The van der Waals surface area contributed by atoms with E-state index in [1.165, 1.54) is 13.0 Å². The highest BCUT2D eigenvalue weighted by atomic mass is 16.5. The summed E-state index contributed by atoms with van der Waals surface area (Å²) in [5.41, 5.74) is 5.52. The molecule has 29 heavy (non-hydrogen) atoms. The summed E-state index contributed by atoms with van der Waals surface area (Å²) in [6.45, 7) is 9.27. The second-order valence-corrected chi connectivity index (χ2v) is 7.20. The number of ether oxygens (including phenoxy) is 1. The van der Waals surface area contributed by atoms with Crippen molar-refractivity contribution in [2.75, 3.05) is 12.4 Å². The summed E-state index contributed by atoms with van der Waals surface area (Å²) < 4.78 is 11.5. The molecule has 1 N–H and O–H groups in total. The Hall–Kier alpha value is -3.34. The van der Waals surface area contributed by atoms with Gasteiger partial charge in [0.2, 0.25) is 5.91 Å². The number of anilines is 1. The fourth-order valence-corrected chi connectivity index (χ4v) is 3.44. The van der Waals surface area contributed by atoms with Crippen LogP contribution in [0.1, 0.15) is 46.7 Å². The van der Waals surface area contributed by atoms with Gasteiger partial charge in [-0.25, -0.2) is 0 Å². The van der Waals surface area contributed by atoms with Gasteiger partial charge >= 0.3 is 0 Å². The van der Waals surface area contributed by atoms with Crippen LogP contribution < -0.4 is 10.1 Å². The van der Waals surface area contributed by atoms with Gasteiger partial charge in [0.1, 0.15) is 17.1 Å². The second-order valence-electron chi connectivity index (χ2n) is 7.20. The van der Waals surface area contributed by atoms with Crippen molar-refractivity contribution in [2.24, 2.45) is 0 Å². The van der Waals surface area contributed by atoms with Crippen LogP contribution >= 0.6 is 0 Å². The molecule has 0 aliphatic rings. The van der Waals surface area contributed by atoms with Crippen molar-refractivity contribution in [1.29, 1.82) is 0 Å². The SMILES string of the molecule is COc1c(/C(C)=C/C(=O)Nc2cccc(C(C)=O)c2)cc2c(C)c(C)oc2c1C. The molecule has 0 atom stereocenters. The summed E-state index contributed by atoms with van der Waals surface area (Å²) in [6.07, 6.45) is 1.53. The Balaban J connectivity index is 1.97.